The van der Waals surface area contributed by atoms with Crippen LogP contribution < -0.4 is 19.5 Å². The van der Waals surface area contributed by atoms with E-state index in [4.69, 9.17) is 13.9 Å². The first kappa shape index (κ1) is 24.4. The lowest BCUT2D eigenvalue weighted by molar-refractivity contribution is -0.113. The van der Waals surface area contributed by atoms with E-state index < -0.39 is 10.0 Å². The van der Waals surface area contributed by atoms with Crippen LogP contribution in [0.5, 0.6) is 11.5 Å². The summed E-state index contributed by atoms with van der Waals surface area (Å²) in [5.74, 6) is 0.975. The van der Waals surface area contributed by atoms with Crippen molar-refractivity contribution in [3.8, 4) is 11.5 Å². The third-order valence-corrected chi connectivity index (χ3v) is 7.15. The molecular weight excluding hydrogens is 490 g/mol. The smallest absolute Gasteiger partial charge is 0.261 e. The molecule has 3 aromatic carbocycles. The van der Waals surface area contributed by atoms with E-state index in [1.54, 1.807) is 30.3 Å². The number of aryl methyl sites for hydroxylation is 1. The Hall–Kier alpha value is -3.70. The van der Waals surface area contributed by atoms with Gasteiger partial charge in [0.15, 0.2) is 5.58 Å². The second-order valence-electron chi connectivity index (χ2n) is 7.48. The van der Waals surface area contributed by atoms with E-state index in [0.717, 1.165) is 17.3 Å². The molecule has 1 amide bonds. The number of carbonyl (C=O) groups excluding carboxylic acids is 1. The number of hydrogen-bond acceptors (Lipinski definition) is 8. The Morgan fingerprint density at radius 3 is 2.51 bits per heavy atom. The minimum atomic E-state index is -3.84. The second kappa shape index (κ2) is 10.3. The molecule has 0 spiro atoms. The van der Waals surface area contributed by atoms with Gasteiger partial charge in [-0.25, -0.2) is 13.4 Å². The van der Waals surface area contributed by atoms with Gasteiger partial charge in [0.2, 0.25) is 5.91 Å². The number of benzene rings is 3. The van der Waals surface area contributed by atoms with Crippen LogP contribution in [0.2, 0.25) is 0 Å². The molecule has 1 aromatic heterocycles. The molecule has 0 fully saturated rings. The Morgan fingerprint density at radius 2 is 1.80 bits per heavy atom. The zero-order valence-corrected chi connectivity index (χ0v) is 20.8. The van der Waals surface area contributed by atoms with Crippen molar-refractivity contribution in [3.05, 3.63) is 66.2 Å². The number of oxazole rings is 1. The van der Waals surface area contributed by atoms with Crippen LogP contribution in [0.3, 0.4) is 0 Å². The van der Waals surface area contributed by atoms with Gasteiger partial charge in [-0.15, -0.1) is 0 Å². The fraction of sp³-hybridized carbons (Fsp3) is 0.167. The van der Waals surface area contributed by atoms with Crippen LogP contribution in [0.25, 0.3) is 11.1 Å². The van der Waals surface area contributed by atoms with Crippen molar-refractivity contribution in [3.63, 3.8) is 0 Å². The molecule has 9 nitrogen and oxygen atoms in total. The van der Waals surface area contributed by atoms with Gasteiger partial charge in [0.25, 0.3) is 15.2 Å². The number of thioether (sulfide) groups is 1. The third kappa shape index (κ3) is 5.87. The molecule has 0 aliphatic heterocycles. The van der Waals surface area contributed by atoms with Crippen molar-refractivity contribution in [1.29, 1.82) is 0 Å². The quantitative estimate of drug-likeness (QED) is 0.310. The number of rotatable bonds is 9. The van der Waals surface area contributed by atoms with Crippen molar-refractivity contribution in [2.24, 2.45) is 0 Å². The van der Waals surface area contributed by atoms with Gasteiger partial charge in [0, 0.05) is 5.69 Å². The first-order valence-corrected chi connectivity index (χ1v) is 12.9. The average molecular weight is 514 g/mol. The van der Waals surface area contributed by atoms with Gasteiger partial charge in [0.05, 0.1) is 30.6 Å². The van der Waals surface area contributed by atoms with Gasteiger partial charge in [-0.1, -0.05) is 17.8 Å². The molecule has 0 unspecified atom stereocenters. The molecule has 2 N–H and O–H groups in total. The van der Waals surface area contributed by atoms with E-state index in [1.807, 2.05) is 19.1 Å². The molecule has 0 saturated heterocycles. The molecule has 0 aliphatic rings. The standard InChI is InChI=1S/C24H23N3O6S2/c1-15-4-10-21(32-3)19(12-15)25-23(28)14-34-24-26-20-13-18(9-11-22(20)33-24)35(29,30)27-16-5-7-17(31-2)8-6-16/h4-13,27H,14H2,1-3H3,(H,25,28). The molecule has 182 valence electrons. The Labute approximate surface area is 206 Å². The van der Waals surface area contributed by atoms with Crippen LogP contribution in [-0.2, 0) is 14.8 Å². The molecule has 35 heavy (non-hydrogen) atoms. The Morgan fingerprint density at radius 1 is 1.03 bits per heavy atom. The Kier molecular flexibility index (Phi) is 7.17. The highest BCUT2D eigenvalue weighted by atomic mass is 32.2. The molecule has 11 heteroatoms. The predicted molar refractivity (Wildman–Crippen MR) is 135 cm³/mol. The van der Waals surface area contributed by atoms with E-state index in [1.165, 1.54) is 32.4 Å². The summed E-state index contributed by atoms with van der Waals surface area (Å²) in [6.07, 6.45) is 0. The molecule has 0 aliphatic carbocycles. The largest absolute Gasteiger partial charge is 0.497 e. The minimum absolute atomic E-state index is 0.0370. The molecular formula is C24H23N3O6S2. The van der Waals surface area contributed by atoms with E-state index in [9.17, 15) is 13.2 Å². The number of anilines is 2. The van der Waals surface area contributed by atoms with Crippen molar-refractivity contribution in [1.82, 2.24) is 4.98 Å². The van der Waals surface area contributed by atoms with Gasteiger partial charge in [0.1, 0.15) is 17.0 Å². The number of hydrogen-bond donors (Lipinski definition) is 2. The molecule has 4 rings (SSSR count). The van der Waals surface area contributed by atoms with Crippen molar-refractivity contribution >= 4 is 50.2 Å². The third-order valence-electron chi connectivity index (χ3n) is 4.95. The monoisotopic (exact) mass is 513 g/mol. The first-order valence-electron chi connectivity index (χ1n) is 10.4. The van der Waals surface area contributed by atoms with Gasteiger partial charge >= 0.3 is 0 Å². The summed E-state index contributed by atoms with van der Waals surface area (Å²) in [6.45, 7) is 1.92. The van der Waals surface area contributed by atoms with Gasteiger partial charge in [-0.3, -0.25) is 9.52 Å². The Bertz CT molecular complexity index is 1470. The van der Waals surface area contributed by atoms with Crippen LogP contribution in [0.15, 0.2) is 75.2 Å². The predicted octanol–water partition coefficient (Wildman–Crippen LogP) is 4.69. The summed E-state index contributed by atoms with van der Waals surface area (Å²) >= 11 is 1.10. The molecule has 0 radical (unpaired) electrons. The van der Waals surface area contributed by atoms with E-state index in [-0.39, 0.29) is 21.8 Å². The highest BCUT2D eigenvalue weighted by Crippen LogP contribution is 2.28. The number of nitrogens with one attached hydrogen (secondary N) is 2. The van der Waals surface area contributed by atoms with Crippen LogP contribution in [-0.4, -0.2) is 39.3 Å². The van der Waals surface area contributed by atoms with Crippen molar-refractivity contribution < 1.29 is 27.1 Å². The summed E-state index contributed by atoms with van der Waals surface area (Å²) in [4.78, 5) is 16.8. The van der Waals surface area contributed by atoms with Gasteiger partial charge in [-0.2, -0.15) is 0 Å². The maximum Gasteiger partial charge on any atom is 0.261 e. The second-order valence-corrected chi connectivity index (χ2v) is 10.1. The van der Waals surface area contributed by atoms with Crippen LogP contribution in [0, 0.1) is 6.92 Å². The lowest BCUT2D eigenvalue weighted by Gasteiger charge is -2.10. The molecule has 0 atom stereocenters. The van der Waals surface area contributed by atoms with E-state index >= 15 is 0 Å². The van der Waals surface area contributed by atoms with Gasteiger partial charge in [-0.05, 0) is 67.1 Å². The highest BCUT2D eigenvalue weighted by Gasteiger charge is 2.18. The lowest BCUT2D eigenvalue weighted by Crippen LogP contribution is -2.14. The Balaban J connectivity index is 1.43. The van der Waals surface area contributed by atoms with E-state index in [2.05, 4.69) is 15.0 Å². The fourth-order valence-corrected chi connectivity index (χ4v) is 4.94. The van der Waals surface area contributed by atoms with Crippen LogP contribution in [0.1, 0.15) is 5.56 Å². The van der Waals surface area contributed by atoms with Crippen molar-refractivity contribution in [2.75, 3.05) is 30.0 Å². The number of sulfonamides is 1. The maximum atomic E-state index is 12.8. The zero-order chi connectivity index (χ0) is 25.0. The van der Waals surface area contributed by atoms with Crippen molar-refractivity contribution in [2.45, 2.75) is 17.0 Å². The summed E-state index contributed by atoms with van der Waals surface area (Å²) in [5.41, 5.74) is 2.75. The lowest BCUT2D eigenvalue weighted by atomic mass is 10.2. The number of fused-ring (bicyclic) bond motifs is 1. The average Bonchev–Trinajstić information content (AvgIpc) is 3.25. The SMILES string of the molecule is COc1ccc(NS(=O)(=O)c2ccc3oc(SCC(=O)Nc4cc(C)ccc4OC)nc3c2)cc1. The van der Waals surface area contributed by atoms with Crippen LogP contribution >= 0.6 is 11.8 Å². The summed E-state index contributed by atoms with van der Waals surface area (Å²) < 4.78 is 44.2. The first-order chi connectivity index (χ1) is 16.8. The number of methoxy groups -OCH3 is 2. The molecule has 4 aromatic rings. The summed E-state index contributed by atoms with van der Waals surface area (Å²) in [6, 6.07) is 16.4. The minimum Gasteiger partial charge on any atom is -0.497 e. The topological polar surface area (TPSA) is 120 Å². The number of aromatic nitrogens is 1. The molecule has 0 saturated carbocycles. The van der Waals surface area contributed by atoms with Gasteiger partial charge < -0.3 is 19.2 Å². The van der Waals surface area contributed by atoms with E-state index in [0.29, 0.717) is 34.0 Å². The number of carbonyl (C=O) groups is 1. The molecule has 0 bridgehead atoms. The normalized spacial score (nSPS) is 11.3. The zero-order valence-electron chi connectivity index (χ0n) is 19.2. The summed E-state index contributed by atoms with van der Waals surface area (Å²) in [7, 11) is -0.771. The van der Waals surface area contributed by atoms with Crippen LogP contribution in [0.4, 0.5) is 11.4 Å². The highest BCUT2D eigenvalue weighted by molar-refractivity contribution is 7.99. The molecule has 1 heterocycles. The number of nitrogens with zero attached hydrogens (tertiary/aromatic N) is 1. The summed E-state index contributed by atoms with van der Waals surface area (Å²) in [5, 5.41) is 3.07. The fourth-order valence-electron chi connectivity index (χ4n) is 3.22. The maximum absolute atomic E-state index is 12.8. The number of ether oxygens (including phenoxy) is 2. The number of amides is 1.